The SMILES string of the molecule is C=C(C)[C@H]1C[C@H]1[C@H](OC(=O)c1ccc([N+](=O)[O-])cc1)c1ccccc1. The number of esters is 1. The van der Waals surface area contributed by atoms with Crippen molar-refractivity contribution in [2.24, 2.45) is 11.8 Å². The molecule has 2 aromatic carbocycles. The Kier molecular flexibility index (Phi) is 4.65. The first kappa shape index (κ1) is 16.9. The van der Waals surface area contributed by atoms with Crippen LogP contribution >= 0.6 is 0 Å². The molecular weight excluding hydrogens is 318 g/mol. The van der Waals surface area contributed by atoms with Gasteiger partial charge in [0.05, 0.1) is 10.5 Å². The summed E-state index contributed by atoms with van der Waals surface area (Å²) >= 11 is 0. The van der Waals surface area contributed by atoms with Gasteiger partial charge in [-0.05, 0) is 37.0 Å². The molecule has 128 valence electrons. The van der Waals surface area contributed by atoms with Crippen molar-refractivity contribution in [3.8, 4) is 0 Å². The number of ether oxygens (including phenoxy) is 1. The number of allylic oxidation sites excluding steroid dienone is 1. The van der Waals surface area contributed by atoms with Gasteiger partial charge < -0.3 is 4.74 Å². The molecule has 1 fully saturated rings. The van der Waals surface area contributed by atoms with Gasteiger partial charge in [-0.15, -0.1) is 0 Å². The quantitative estimate of drug-likeness (QED) is 0.331. The Morgan fingerprint density at radius 3 is 2.36 bits per heavy atom. The van der Waals surface area contributed by atoms with Gasteiger partial charge in [0.25, 0.3) is 5.69 Å². The smallest absolute Gasteiger partial charge is 0.338 e. The summed E-state index contributed by atoms with van der Waals surface area (Å²) in [6.45, 7) is 5.99. The van der Waals surface area contributed by atoms with Crippen molar-refractivity contribution in [3.63, 3.8) is 0 Å². The zero-order chi connectivity index (χ0) is 18.0. The van der Waals surface area contributed by atoms with E-state index in [4.69, 9.17) is 4.74 Å². The first-order valence-corrected chi connectivity index (χ1v) is 8.13. The average molecular weight is 337 g/mol. The van der Waals surface area contributed by atoms with E-state index in [-0.39, 0.29) is 17.7 Å². The van der Waals surface area contributed by atoms with Crippen LogP contribution in [0.4, 0.5) is 5.69 Å². The first-order valence-electron chi connectivity index (χ1n) is 8.13. The second-order valence-electron chi connectivity index (χ2n) is 6.39. The molecule has 0 radical (unpaired) electrons. The van der Waals surface area contributed by atoms with E-state index in [1.165, 1.54) is 24.3 Å². The standard InChI is InChI=1S/C20H19NO4/c1-13(2)17-12-18(17)19(14-6-4-3-5-7-14)25-20(22)15-8-10-16(11-9-15)21(23)24/h3-11,17-19H,1,12H2,2H3/t17-,18-,19-/m1/s1. The van der Waals surface area contributed by atoms with Crippen molar-refractivity contribution < 1.29 is 14.5 Å². The summed E-state index contributed by atoms with van der Waals surface area (Å²) in [5.74, 6) is 0.105. The van der Waals surface area contributed by atoms with Crippen LogP contribution in [0.25, 0.3) is 0 Å². The molecule has 0 spiro atoms. The van der Waals surface area contributed by atoms with Gasteiger partial charge in [-0.1, -0.05) is 42.5 Å². The molecule has 1 aliphatic rings. The van der Waals surface area contributed by atoms with E-state index < -0.39 is 10.9 Å². The minimum atomic E-state index is -0.496. The van der Waals surface area contributed by atoms with Crippen molar-refractivity contribution >= 4 is 11.7 Å². The van der Waals surface area contributed by atoms with Crippen LogP contribution in [0.3, 0.4) is 0 Å². The fourth-order valence-corrected chi connectivity index (χ4v) is 3.06. The number of hydrogen-bond donors (Lipinski definition) is 0. The number of carbonyl (C=O) groups is 1. The number of rotatable bonds is 6. The molecule has 5 nitrogen and oxygen atoms in total. The van der Waals surface area contributed by atoms with Crippen molar-refractivity contribution in [2.75, 3.05) is 0 Å². The van der Waals surface area contributed by atoms with Gasteiger partial charge in [-0.25, -0.2) is 4.79 Å². The van der Waals surface area contributed by atoms with Crippen LogP contribution in [0.1, 0.15) is 35.4 Å². The maximum absolute atomic E-state index is 12.5. The summed E-state index contributed by atoms with van der Waals surface area (Å²) in [6, 6.07) is 15.1. The summed E-state index contributed by atoms with van der Waals surface area (Å²) in [5.41, 5.74) is 2.29. The first-order chi connectivity index (χ1) is 12.0. The van der Waals surface area contributed by atoms with Crippen molar-refractivity contribution in [3.05, 3.63) is 88.0 Å². The molecular formula is C20H19NO4. The molecule has 25 heavy (non-hydrogen) atoms. The Labute approximate surface area is 146 Å². The molecule has 3 atom stereocenters. The number of nitro groups is 1. The topological polar surface area (TPSA) is 69.4 Å². The molecule has 0 N–H and O–H groups in total. The van der Waals surface area contributed by atoms with Gasteiger partial charge in [-0.2, -0.15) is 0 Å². The molecule has 1 aliphatic carbocycles. The number of benzene rings is 2. The highest BCUT2D eigenvalue weighted by atomic mass is 16.6. The highest BCUT2D eigenvalue weighted by Gasteiger charge is 2.46. The number of carbonyl (C=O) groups excluding carboxylic acids is 1. The van der Waals surface area contributed by atoms with Crippen LogP contribution in [-0.2, 0) is 4.74 Å². The lowest BCUT2D eigenvalue weighted by molar-refractivity contribution is -0.384. The Morgan fingerprint density at radius 1 is 1.20 bits per heavy atom. The largest absolute Gasteiger partial charge is 0.454 e. The summed E-state index contributed by atoms with van der Waals surface area (Å²) in [7, 11) is 0. The van der Waals surface area contributed by atoms with Gasteiger partial charge in [0.15, 0.2) is 0 Å². The maximum atomic E-state index is 12.5. The highest BCUT2D eigenvalue weighted by Crippen LogP contribution is 2.52. The molecule has 2 aromatic rings. The van der Waals surface area contributed by atoms with Crippen molar-refractivity contribution in [2.45, 2.75) is 19.4 Å². The Morgan fingerprint density at radius 2 is 1.84 bits per heavy atom. The van der Waals surface area contributed by atoms with E-state index in [9.17, 15) is 14.9 Å². The van der Waals surface area contributed by atoms with Crippen LogP contribution < -0.4 is 0 Å². The highest BCUT2D eigenvalue weighted by molar-refractivity contribution is 5.89. The average Bonchev–Trinajstić information content (AvgIpc) is 3.41. The molecule has 5 heteroatoms. The maximum Gasteiger partial charge on any atom is 0.338 e. The van der Waals surface area contributed by atoms with E-state index in [1.807, 2.05) is 37.3 Å². The van der Waals surface area contributed by atoms with Crippen LogP contribution in [-0.4, -0.2) is 10.9 Å². The number of non-ortho nitro benzene ring substituents is 1. The number of hydrogen-bond acceptors (Lipinski definition) is 4. The van der Waals surface area contributed by atoms with Gasteiger partial charge in [-0.3, -0.25) is 10.1 Å². The van der Waals surface area contributed by atoms with Crippen LogP contribution in [0.15, 0.2) is 66.7 Å². The normalized spacial score (nSPS) is 19.7. The van der Waals surface area contributed by atoms with Crippen LogP contribution in [0, 0.1) is 22.0 Å². The van der Waals surface area contributed by atoms with Crippen molar-refractivity contribution in [1.82, 2.24) is 0 Å². The third kappa shape index (κ3) is 3.76. The molecule has 0 aromatic heterocycles. The van der Waals surface area contributed by atoms with Gasteiger partial charge in [0.1, 0.15) is 6.10 Å². The third-order valence-electron chi connectivity index (χ3n) is 4.54. The molecule has 0 heterocycles. The van der Waals surface area contributed by atoms with E-state index in [0.29, 0.717) is 11.5 Å². The molecule has 0 unspecified atom stereocenters. The van der Waals surface area contributed by atoms with E-state index in [0.717, 1.165) is 17.6 Å². The van der Waals surface area contributed by atoms with Gasteiger partial charge in [0.2, 0.25) is 0 Å². The van der Waals surface area contributed by atoms with Crippen LogP contribution in [0.2, 0.25) is 0 Å². The van der Waals surface area contributed by atoms with Crippen LogP contribution in [0.5, 0.6) is 0 Å². The molecule has 0 bridgehead atoms. The molecule has 0 saturated heterocycles. The summed E-state index contributed by atoms with van der Waals surface area (Å²) in [5, 5.41) is 10.7. The second kappa shape index (κ2) is 6.89. The predicted octanol–water partition coefficient (Wildman–Crippen LogP) is 4.71. The zero-order valence-electron chi connectivity index (χ0n) is 13.9. The Balaban J connectivity index is 1.79. The van der Waals surface area contributed by atoms with Crippen molar-refractivity contribution in [1.29, 1.82) is 0 Å². The lowest BCUT2D eigenvalue weighted by atomic mass is 10.0. The second-order valence-corrected chi connectivity index (χ2v) is 6.39. The summed E-state index contributed by atoms with van der Waals surface area (Å²) in [4.78, 5) is 22.7. The molecule has 1 saturated carbocycles. The Hall–Kier alpha value is -2.95. The van der Waals surface area contributed by atoms with E-state index in [2.05, 4.69) is 6.58 Å². The Bertz CT molecular complexity index is 798. The molecule has 0 aliphatic heterocycles. The minimum Gasteiger partial charge on any atom is -0.454 e. The number of nitro benzene ring substituents is 1. The fourth-order valence-electron chi connectivity index (χ4n) is 3.06. The van der Waals surface area contributed by atoms with Gasteiger partial charge >= 0.3 is 5.97 Å². The zero-order valence-corrected chi connectivity index (χ0v) is 13.9. The van der Waals surface area contributed by atoms with E-state index in [1.54, 1.807) is 0 Å². The van der Waals surface area contributed by atoms with E-state index >= 15 is 0 Å². The molecule has 3 rings (SSSR count). The lowest BCUT2D eigenvalue weighted by Gasteiger charge is -2.19. The lowest BCUT2D eigenvalue weighted by Crippen LogP contribution is -2.14. The summed E-state index contributed by atoms with van der Waals surface area (Å²) in [6.07, 6.45) is 0.605. The summed E-state index contributed by atoms with van der Waals surface area (Å²) < 4.78 is 5.78. The fraction of sp³-hybridized carbons (Fsp3) is 0.250. The van der Waals surface area contributed by atoms with Gasteiger partial charge in [0, 0.05) is 18.1 Å². The minimum absolute atomic E-state index is 0.0549. The molecule has 0 amide bonds. The number of nitrogens with zero attached hydrogens (tertiary/aromatic N) is 1. The third-order valence-corrected chi connectivity index (χ3v) is 4.54. The monoisotopic (exact) mass is 337 g/mol. The predicted molar refractivity (Wildman–Crippen MR) is 94.1 cm³/mol.